The summed E-state index contributed by atoms with van der Waals surface area (Å²) in [5.41, 5.74) is 2.04. The topological polar surface area (TPSA) is 12.9 Å². The Labute approximate surface area is 105 Å². The fourth-order valence-corrected chi connectivity index (χ4v) is 1.85. The predicted octanol–water partition coefficient (Wildman–Crippen LogP) is 4.53. The summed E-state index contributed by atoms with van der Waals surface area (Å²) in [7, 11) is 0. The highest BCUT2D eigenvalue weighted by molar-refractivity contribution is 6.35. The molecular formula is C13H11Cl2N. The lowest BCUT2D eigenvalue weighted by Gasteiger charge is -2.00. The molecule has 0 aliphatic rings. The fraction of sp³-hybridized carbons (Fsp3) is 0.154. The first kappa shape index (κ1) is 11.4. The van der Waals surface area contributed by atoms with Gasteiger partial charge in [0.05, 0.1) is 10.5 Å². The van der Waals surface area contributed by atoms with Crippen molar-refractivity contribution in [1.82, 2.24) is 4.98 Å². The number of alkyl halides is 1. The lowest BCUT2D eigenvalue weighted by molar-refractivity contribution is 1.24. The maximum absolute atomic E-state index is 6.11. The van der Waals surface area contributed by atoms with Crippen LogP contribution in [0.4, 0.5) is 0 Å². The van der Waals surface area contributed by atoms with Crippen LogP contribution in [0.15, 0.2) is 36.5 Å². The average Bonchev–Trinajstić information content (AvgIpc) is 2.30. The number of hydrogen-bond donors (Lipinski definition) is 0. The van der Waals surface area contributed by atoms with Gasteiger partial charge in [0, 0.05) is 17.5 Å². The summed E-state index contributed by atoms with van der Waals surface area (Å²) in [6.07, 6.45) is 6.69. The molecule has 0 radical (unpaired) electrons. The van der Waals surface area contributed by atoms with Crippen LogP contribution in [0.25, 0.3) is 17.0 Å². The van der Waals surface area contributed by atoms with Gasteiger partial charge in [-0.25, -0.2) is 0 Å². The minimum atomic E-state index is 0.645. The number of fused-ring (bicyclic) bond motifs is 1. The smallest absolute Gasteiger partial charge is 0.0717 e. The highest BCUT2D eigenvalue weighted by atomic mass is 35.5. The molecule has 0 saturated heterocycles. The molecule has 0 bridgehead atoms. The van der Waals surface area contributed by atoms with E-state index in [1.807, 2.05) is 24.3 Å². The Hall–Kier alpha value is -1.05. The van der Waals surface area contributed by atoms with Gasteiger partial charge in [0.2, 0.25) is 0 Å². The summed E-state index contributed by atoms with van der Waals surface area (Å²) >= 11 is 11.7. The Morgan fingerprint density at radius 1 is 1.25 bits per heavy atom. The van der Waals surface area contributed by atoms with Crippen molar-refractivity contribution >= 4 is 40.2 Å². The molecular weight excluding hydrogens is 241 g/mol. The van der Waals surface area contributed by atoms with Crippen LogP contribution in [0.1, 0.15) is 12.0 Å². The summed E-state index contributed by atoms with van der Waals surface area (Å²) in [5, 5.41) is 1.72. The molecule has 0 atom stereocenters. The van der Waals surface area contributed by atoms with Crippen molar-refractivity contribution in [3.05, 3.63) is 47.1 Å². The molecule has 1 heterocycles. The van der Waals surface area contributed by atoms with Crippen LogP contribution in [0.5, 0.6) is 0 Å². The van der Waals surface area contributed by atoms with Gasteiger partial charge in [0.1, 0.15) is 0 Å². The first-order valence-corrected chi connectivity index (χ1v) is 5.99. The first-order chi connectivity index (χ1) is 7.81. The van der Waals surface area contributed by atoms with Crippen LogP contribution >= 0.6 is 23.2 Å². The Bertz CT molecular complexity index is 520. The maximum atomic E-state index is 6.11. The quantitative estimate of drug-likeness (QED) is 0.731. The number of benzene rings is 1. The molecule has 0 aliphatic carbocycles. The Kier molecular flexibility index (Phi) is 3.81. The van der Waals surface area contributed by atoms with Crippen LogP contribution in [0, 0.1) is 0 Å². The number of allylic oxidation sites excluding steroid dienone is 1. The molecule has 16 heavy (non-hydrogen) atoms. The SMILES string of the molecule is ClCCC=Cc1ccc2nccc(Cl)c2c1. The van der Waals surface area contributed by atoms with E-state index in [0.717, 1.165) is 27.9 Å². The molecule has 0 unspecified atom stereocenters. The summed E-state index contributed by atoms with van der Waals surface area (Å²) < 4.78 is 0. The van der Waals surface area contributed by atoms with Gasteiger partial charge in [-0.05, 0) is 30.2 Å². The molecule has 0 amide bonds. The van der Waals surface area contributed by atoms with Gasteiger partial charge < -0.3 is 0 Å². The Balaban J connectivity index is 2.39. The summed E-state index contributed by atoms with van der Waals surface area (Å²) in [5.74, 6) is 0.645. The highest BCUT2D eigenvalue weighted by Crippen LogP contribution is 2.22. The minimum Gasteiger partial charge on any atom is -0.256 e. The van der Waals surface area contributed by atoms with E-state index >= 15 is 0 Å². The van der Waals surface area contributed by atoms with Crippen molar-refractivity contribution in [2.75, 3.05) is 5.88 Å². The van der Waals surface area contributed by atoms with E-state index in [9.17, 15) is 0 Å². The van der Waals surface area contributed by atoms with Crippen LogP contribution in [-0.2, 0) is 0 Å². The fourth-order valence-electron chi connectivity index (χ4n) is 1.52. The number of pyridine rings is 1. The van der Waals surface area contributed by atoms with E-state index in [2.05, 4.69) is 11.1 Å². The zero-order valence-corrected chi connectivity index (χ0v) is 10.2. The summed E-state index contributed by atoms with van der Waals surface area (Å²) in [4.78, 5) is 4.25. The normalized spacial score (nSPS) is 11.4. The standard InChI is InChI=1S/C13H11Cl2N/c14-7-2-1-3-10-4-5-13-11(9-10)12(15)6-8-16-13/h1,3-6,8-9H,2,7H2. The first-order valence-electron chi connectivity index (χ1n) is 5.08. The van der Waals surface area contributed by atoms with Crippen molar-refractivity contribution in [2.24, 2.45) is 0 Å². The molecule has 1 aromatic carbocycles. The molecule has 0 saturated carbocycles. The third-order valence-electron chi connectivity index (χ3n) is 2.30. The van der Waals surface area contributed by atoms with Gasteiger partial charge in [0.25, 0.3) is 0 Å². The second-order valence-corrected chi connectivity index (χ2v) is 4.23. The van der Waals surface area contributed by atoms with Crippen molar-refractivity contribution in [3.63, 3.8) is 0 Å². The van der Waals surface area contributed by atoms with E-state index < -0.39 is 0 Å². The number of halogens is 2. The third kappa shape index (κ3) is 2.55. The number of rotatable bonds is 3. The number of aromatic nitrogens is 1. The van der Waals surface area contributed by atoms with Gasteiger partial charge >= 0.3 is 0 Å². The minimum absolute atomic E-state index is 0.645. The van der Waals surface area contributed by atoms with Crippen LogP contribution in [0.3, 0.4) is 0 Å². The third-order valence-corrected chi connectivity index (χ3v) is 2.85. The zero-order chi connectivity index (χ0) is 11.4. The van der Waals surface area contributed by atoms with Gasteiger partial charge in [0.15, 0.2) is 0 Å². The summed E-state index contributed by atoms with van der Waals surface area (Å²) in [6.45, 7) is 0. The molecule has 2 aromatic rings. The van der Waals surface area contributed by atoms with E-state index in [0.29, 0.717) is 5.88 Å². The lowest BCUT2D eigenvalue weighted by atomic mass is 10.1. The van der Waals surface area contributed by atoms with Crippen LogP contribution in [-0.4, -0.2) is 10.9 Å². The zero-order valence-electron chi connectivity index (χ0n) is 8.66. The van der Waals surface area contributed by atoms with Gasteiger partial charge in [-0.3, -0.25) is 4.98 Å². The molecule has 1 aromatic heterocycles. The van der Waals surface area contributed by atoms with E-state index in [4.69, 9.17) is 23.2 Å². The molecule has 3 heteroatoms. The van der Waals surface area contributed by atoms with Gasteiger partial charge in [-0.1, -0.05) is 29.8 Å². The molecule has 1 nitrogen and oxygen atoms in total. The second-order valence-electron chi connectivity index (χ2n) is 3.45. The van der Waals surface area contributed by atoms with Gasteiger partial charge in [-0.2, -0.15) is 0 Å². The lowest BCUT2D eigenvalue weighted by Crippen LogP contribution is -1.80. The molecule has 82 valence electrons. The summed E-state index contributed by atoms with van der Waals surface area (Å²) in [6, 6.07) is 7.84. The largest absolute Gasteiger partial charge is 0.256 e. The number of hydrogen-bond acceptors (Lipinski definition) is 1. The predicted molar refractivity (Wildman–Crippen MR) is 71.1 cm³/mol. The van der Waals surface area contributed by atoms with E-state index in [1.54, 1.807) is 12.3 Å². The van der Waals surface area contributed by atoms with E-state index in [-0.39, 0.29) is 0 Å². The molecule has 0 spiro atoms. The van der Waals surface area contributed by atoms with Crippen molar-refractivity contribution in [3.8, 4) is 0 Å². The van der Waals surface area contributed by atoms with Gasteiger partial charge in [-0.15, -0.1) is 11.6 Å². The Morgan fingerprint density at radius 2 is 2.12 bits per heavy atom. The van der Waals surface area contributed by atoms with Crippen molar-refractivity contribution in [2.45, 2.75) is 6.42 Å². The number of nitrogens with zero attached hydrogens (tertiary/aromatic N) is 1. The van der Waals surface area contributed by atoms with E-state index in [1.165, 1.54) is 0 Å². The van der Waals surface area contributed by atoms with Crippen LogP contribution in [0.2, 0.25) is 5.02 Å². The highest BCUT2D eigenvalue weighted by Gasteiger charge is 1.99. The monoisotopic (exact) mass is 251 g/mol. The average molecular weight is 252 g/mol. The molecule has 0 fully saturated rings. The van der Waals surface area contributed by atoms with Crippen LogP contribution < -0.4 is 0 Å². The Morgan fingerprint density at radius 3 is 2.94 bits per heavy atom. The maximum Gasteiger partial charge on any atom is 0.0717 e. The van der Waals surface area contributed by atoms with Crippen molar-refractivity contribution < 1.29 is 0 Å². The van der Waals surface area contributed by atoms with Crippen molar-refractivity contribution in [1.29, 1.82) is 0 Å². The molecule has 0 N–H and O–H groups in total. The molecule has 2 rings (SSSR count). The molecule has 0 aliphatic heterocycles. The second kappa shape index (κ2) is 5.33.